The maximum Gasteiger partial charge on any atom is 0.338 e. The number of ether oxygens (including phenoxy) is 1. The van der Waals surface area contributed by atoms with E-state index in [1.165, 1.54) is 19.1 Å². The molecule has 4 rings (SSSR count). The Labute approximate surface area is 170 Å². The third-order valence-corrected chi connectivity index (χ3v) is 6.29. The SMILES string of the molecule is CCOC(=O)c1ccc(-c2ccc(/C=N\NC(=O)[C@@H]3[C@@H]4CCCC[C@]34C)o2)cc1. The van der Waals surface area contributed by atoms with Crippen LogP contribution < -0.4 is 5.43 Å². The monoisotopic (exact) mass is 394 g/mol. The van der Waals surface area contributed by atoms with Crippen molar-refractivity contribution in [2.24, 2.45) is 22.4 Å². The van der Waals surface area contributed by atoms with E-state index in [-0.39, 0.29) is 23.2 Å². The molecule has 0 radical (unpaired) electrons. The minimum absolute atomic E-state index is 0.0111. The first-order valence-electron chi connectivity index (χ1n) is 10.2. The predicted molar refractivity (Wildman–Crippen MR) is 109 cm³/mol. The Morgan fingerprint density at radius 3 is 2.72 bits per heavy atom. The van der Waals surface area contributed by atoms with Gasteiger partial charge in [0.2, 0.25) is 5.91 Å². The first-order chi connectivity index (χ1) is 14.0. The quantitative estimate of drug-likeness (QED) is 0.447. The number of hydrogen-bond donors (Lipinski definition) is 1. The largest absolute Gasteiger partial charge is 0.462 e. The highest BCUT2D eigenvalue weighted by Gasteiger charge is 2.64. The fraction of sp³-hybridized carbons (Fsp3) is 0.435. The van der Waals surface area contributed by atoms with Gasteiger partial charge in [-0.25, -0.2) is 10.2 Å². The van der Waals surface area contributed by atoms with Gasteiger partial charge in [-0.15, -0.1) is 0 Å². The molecule has 2 aromatic rings. The van der Waals surface area contributed by atoms with Gasteiger partial charge in [0.05, 0.1) is 18.4 Å². The van der Waals surface area contributed by atoms with E-state index in [0.29, 0.717) is 29.6 Å². The summed E-state index contributed by atoms with van der Waals surface area (Å²) in [5.74, 6) is 1.48. The molecule has 1 aromatic carbocycles. The van der Waals surface area contributed by atoms with Gasteiger partial charge in [0.15, 0.2) is 0 Å². The number of esters is 1. The third-order valence-electron chi connectivity index (χ3n) is 6.29. The van der Waals surface area contributed by atoms with Gasteiger partial charge in [0, 0.05) is 11.5 Å². The average Bonchev–Trinajstić information content (AvgIpc) is 3.09. The zero-order valence-electron chi connectivity index (χ0n) is 16.8. The maximum atomic E-state index is 12.4. The summed E-state index contributed by atoms with van der Waals surface area (Å²) < 4.78 is 10.8. The molecule has 1 amide bonds. The molecule has 6 nitrogen and oxygen atoms in total. The molecule has 0 unspecified atom stereocenters. The summed E-state index contributed by atoms with van der Waals surface area (Å²) >= 11 is 0. The molecule has 0 aliphatic heterocycles. The molecular weight excluding hydrogens is 368 g/mol. The first-order valence-corrected chi connectivity index (χ1v) is 10.2. The van der Waals surface area contributed by atoms with Gasteiger partial charge in [-0.1, -0.05) is 31.9 Å². The van der Waals surface area contributed by atoms with Gasteiger partial charge in [0.25, 0.3) is 0 Å². The molecule has 0 spiro atoms. The zero-order valence-corrected chi connectivity index (χ0v) is 16.8. The first kappa shape index (κ1) is 19.4. The van der Waals surface area contributed by atoms with Crippen molar-refractivity contribution in [2.45, 2.75) is 39.5 Å². The number of benzene rings is 1. The lowest BCUT2D eigenvalue weighted by molar-refractivity contribution is -0.123. The molecule has 1 N–H and O–H groups in total. The molecule has 6 heteroatoms. The van der Waals surface area contributed by atoms with Crippen LogP contribution in [0.5, 0.6) is 0 Å². The Morgan fingerprint density at radius 1 is 1.24 bits per heavy atom. The molecule has 3 atom stereocenters. The lowest BCUT2D eigenvalue weighted by Crippen LogP contribution is -2.22. The number of carbonyl (C=O) groups excluding carboxylic acids is 2. The molecule has 1 aromatic heterocycles. The summed E-state index contributed by atoms with van der Waals surface area (Å²) in [4.78, 5) is 24.2. The van der Waals surface area contributed by atoms with Crippen LogP contribution in [-0.4, -0.2) is 24.7 Å². The highest BCUT2D eigenvalue weighted by molar-refractivity contribution is 5.90. The standard InChI is InChI=1S/C23H26N2O4/c1-3-28-22(27)16-9-7-15(8-10-16)19-12-11-17(29-19)14-24-25-21(26)20-18-6-4-5-13-23(18,20)2/h7-12,14,18,20H,3-6,13H2,1-2H3,(H,25,26)/b24-14-/t18-,20-,23-/m0/s1. The van der Waals surface area contributed by atoms with Gasteiger partial charge < -0.3 is 9.15 Å². The lowest BCUT2D eigenvalue weighted by atomic mass is 9.90. The van der Waals surface area contributed by atoms with Gasteiger partial charge in [-0.05, 0) is 55.4 Å². The number of carbonyl (C=O) groups is 2. The number of hydrazone groups is 1. The number of fused-ring (bicyclic) bond motifs is 1. The third kappa shape index (κ3) is 3.84. The van der Waals surface area contributed by atoms with Gasteiger partial charge >= 0.3 is 5.97 Å². The summed E-state index contributed by atoms with van der Waals surface area (Å²) in [6.45, 7) is 4.34. The van der Waals surface area contributed by atoms with Crippen molar-refractivity contribution in [2.75, 3.05) is 6.61 Å². The minimum Gasteiger partial charge on any atom is -0.462 e. The Balaban J connectivity index is 1.34. The van der Waals surface area contributed by atoms with Crippen LogP contribution in [-0.2, 0) is 9.53 Å². The van der Waals surface area contributed by atoms with E-state index in [2.05, 4.69) is 17.5 Å². The van der Waals surface area contributed by atoms with E-state index in [9.17, 15) is 9.59 Å². The molecule has 1 heterocycles. The van der Waals surface area contributed by atoms with Crippen LogP contribution in [0.1, 0.15) is 55.6 Å². The van der Waals surface area contributed by atoms with Crippen molar-refractivity contribution in [1.29, 1.82) is 0 Å². The minimum atomic E-state index is -0.341. The average molecular weight is 394 g/mol. The van der Waals surface area contributed by atoms with Crippen molar-refractivity contribution in [3.8, 4) is 11.3 Å². The number of nitrogens with zero attached hydrogens (tertiary/aromatic N) is 1. The normalized spacial score (nSPS) is 25.4. The van der Waals surface area contributed by atoms with Crippen molar-refractivity contribution < 1.29 is 18.7 Å². The summed E-state index contributed by atoms with van der Waals surface area (Å²) in [6, 6.07) is 10.7. The van der Waals surface area contributed by atoms with E-state index < -0.39 is 0 Å². The molecule has 2 saturated carbocycles. The molecule has 0 bridgehead atoms. The molecule has 2 aliphatic rings. The number of amides is 1. The van der Waals surface area contributed by atoms with Gasteiger partial charge in [-0.3, -0.25) is 4.79 Å². The van der Waals surface area contributed by atoms with E-state index in [1.54, 1.807) is 25.1 Å². The van der Waals surface area contributed by atoms with Crippen LogP contribution in [0, 0.1) is 17.3 Å². The van der Waals surface area contributed by atoms with E-state index in [0.717, 1.165) is 18.4 Å². The number of rotatable bonds is 6. The van der Waals surface area contributed by atoms with Crippen LogP contribution >= 0.6 is 0 Å². The summed E-state index contributed by atoms with van der Waals surface area (Å²) in [7, 11) is 0. The Hall–Kier alpha value is -2.89. The van der Waals surface area contributed by atoms with Crippen LogP contribution in [0.4, 0.5) is 0 Å². The Bertz CT molecular complexity index is 931. The molecule has 152 valence electrons. The van der Waals surface area contributed by atoms with Crippen molar-refractivity contribution in [1.82, 2.24) is 5.43 Å². The second-order valence-electron chi connectivity index (χ2n) is 8.07. The van der Waals surface area contributed by atoms with Crippen molar-refractivity contribution in [3.63, 3.8) is 0 Å². The highest BCUT2D eigenvalue weighted by Crippen LogP contribution is 2.66. The van der Waals surface area contributed by atoms with Gasteiger partial charge in [0.1, 0.15) is 11.5 Å². The van der Waals surface area contributed by atoms with E-state index >= 15 is 0 Å². The second kappa shape index (κ2) is 7.85. The highest BCUT2D eigenvalue weighted by atomic mass is 16.5. The molecule has 29 heavy (non-hydrogen) atoms. The summed E-state index contributed by atoms with van der Waals surface area (Å²) in [5.41, 5.74) is 4.19. The Morgan fingerprint density at radius 2 is 2.03 bits per heavy atom. The fourth-order valence-corrected chi connectivity index (χ4v) is 4.64. The van der Waals surface area contributed by atoms with E-state index in [4.69, 9.17) is 9.15 Å². The molecule has 2 fully saturated rings. The number of furan rings is 1. The van der Waals surface area contributed by atoms with Crippen LogP contribution in [0.2, 0.25) is 0 Å². The zero-order chi connectivity index (χ0) is 20.4. The molecule has 0 saturated heterocycles. The number of hydrogen-bond acceptors (Lipinski definition) is 5. The molecular formula is C23H26N2O4. The second-order valence-corrected chi connectivity index (χ2v) is 8.07. The van der Waals surface area contributed by atoms with Crippen LogP contribution in [0.15, 0.2) is 45.9 Å². The van der Waals surface area contributed by atoms with Crippen molar-refractivity contribution >= 4 is 18.1 Å². The summed E-state index contributed by atoms with van der Waals surface area (Å²) in [5, 5.41) is 4.08. The lowest BCUT2D eigenvalue weighted by Gasteiger charge is -2.15. The predicted octanol–water partition coefficient (Wildman–Crippen LogP) is 4.40. The van der Waals surface area contributed by atoms with Crippen LogP contribution in [0.25, 0.3) is 11.3 Å². The maximum absolute atomic E-state index is 12.4. The van der Waals surface area contributed by atoms with Gasteiger partial charge in [-0.2, -0.15) is 5.10 Å². The Kier molecular flexibility index (Phi) is 5.26. The molecule has 2 aliphatic carbocycles. The van der Waals surface area contributed by atoms with E-state index in [1.807, 2.05) is 18.2 Å². The van der Waals surface area contributed by atoms with Crippen molar-refractivity contribution in [3.05, 3.63) is 47.7 Å². The topological polar surface area (TPSA) is 80.9 Å². The van der Waals surface area contributed by atoms with Crippen LogP contribution in [0.3, 0.4) is 0 Å². The fourth-order valence-electron chi connectivity index (χ4n) is 4.64. The number of nitrogens with one attached hydrogen (secondary N) is 1. The summed E-state index contributed by atoms with van der Waals surface area (Å²) in [6.07, 6.45) is 6.24. The smallest absolute Gasteiger partial charge is 0.338 e.